The van der Waals surface area contributed by atoms with Crippen molar-refractivity contribution in [2.75, 3.05) is 12.3 Å². The van der Waals surface area contributed by atoms with Crippen LogP contribution in [0.3, 0.4) is 0 Å². The van der Waals surface area contributed by atoms with Gasteiger partial charge >= 0.3 is 0 Å². The van der Waals surface area contributed by atoms with Crippen molar-refractivity contribution in [1.82, 2.24) is 5.32 Å². The molecule has 0 heterocycles. The molecule has 2 N–H and O–H groups in total. The molecular weight excluding hydrogens is 230 g/mol. The molecule has 1 unspecified atom stereocenters. The standard InChI is InChI=1S/C14H23NOS/c1-4-15-13(10-17-11(2)3)9-12-5-7-14(16)8-6-12/h5-8,11,13,15-16H,4,9-10H2,1-3H3. The van der Waals surface area contributed by atoms with Crippen LogP contribution in [0.2, 0.25) is 0 Å². The average Bonchev–Trinajstić information content (AvgIpc) is 2.29. The highest BCUT2D eigenvalue weighted by molar-refractivity contribution is 7.99. The van der Waals surface area contributed by atoms with E-state index in [2.05, 4.69) is 26.1 Å². The van der Waals surface area contributed by atoms with Crippen molar-refractivity contribution in [2.24, 2.45) is 0 Å². The monoisotopic (exact) mass is 253 g/mol. The second-order valence-corrected chi connectivity index (χ2v) is 6.12. The summed E-state index contributed by atoms with van der Waals surface area (Å²) < 4.78 is 0. The molecule has 0 saturated carbocycles. The van der Waals surface area contributed by atoms with Gasteiger partial charge in [0, 0.05) is 11.8 Å². The Morgan fingerprint density at radius 1 is 1.24 bits per heavy atom. The Morgan fingerprint density at radius 2 is 1.88 bits per heavy atom. The van der Waals surface area contributed by atoms with Gasteiger partial charge in [-0.2, -0.15) is 11.8 Å². The van der Waals surface area contributed by atoms with Gasteiger partial charge in [0.2, 0.25) is 0 Å². The summed E-state index contributed by atoms with van der Waals surface area (Å²) in [4.78, 5) is 0. The highest BCUT2D eigenvalue weighted by Crippen LogP contribution is 2.15. The van der Waals surface area contributed by atoms with Gasteiger partial charge < -0.3 is 10.4 Å². The Labute approximate surface area is 109 Å². The lowest BCUT2D eigenvalue weighted by atomic mass is 10.1. The number of rotatable bonds is 7. The molecule has 96 valence electrons. The zero-order valence-electron chi connectivity index (χ0n) is 10.9. The van der Waals surface area contributed by atoms with Crippen LogP contribution in [0, 0.1) is 0 Å². The zero-order chi connectivity index (χ0) is 12.7. The molecular formula is C14H23NOS. The molecule has 0 radical (unpaired) electrons. The number of phenols is 1. The van der Waals surface area contributed by atoms with Crippen LogP contribution in [0.1, 0.15) is 26.3 Å². The van der Waals surface area contributed by atoms with Gasteiger partial charge in [-0.05, 0) is 35.9 Å². The Hall–Kier alpha value is -0.670. The first-order valence-electron chi connectivity index (χ1n) is 6.24. The minimum atomic E-state index is 0.338. The van der Waals surface area contributed by atoms with Gasteiger partial charge in [0.1, 0.15) is 5.75 Å². The van der Waals surface area contributed by atoms with Gasteiger partial charge in [-0.1, -0.05) is 32.9 Å². The summed E-state index contributed by atoms with van der Waals surface area (Å²) in [5.41, 5.74) is 1.28. The summed E-state index contributed by atoms with van der Waals surface area (Å²) in [6.45, 7) is 7.60. The Morgan fingerprint density at radius 3 is 2.41 bits per heavy atom. The average molecular weight is 253 g/mol. The lowest BCUT2D eigenvalue weighted by Crippen LogP contribution is -2.33. The van der Waals surface area contributed by atoms with Crippen LogP contribution in [-0.4, -0.2) is 28.7 Å². The molecule has 3 heteroatoms. The van der Waals surface area contributed by atoms with Crippen LogP contribution in [0.5, 0.6) is 5.75 Å². The largest absolute Gasteiger partial charge is 0.508 e. The molecule has 1 aromatic rings. The van der Waals surface area contributed by atoms with Crippen molar-refractivity contribution >= 4 is 11.8 Å². The van der Waals surface area contributed by atoms with Crippen molar-refractivity contribution in [3.05, 3.63) is 29.8 Å². The number of thioether (sulfide) groups is 1. The van der Waals surface area contributed by atoms with Crippen molar-refractivity contribution in [2.45, 2.75) is 38.5 Å². The van der Waals surface area contributed by atoms with Gasteiger partial charge in [-0.3, -0.25) is 0 Å². The maximum Gasteiger partial charge on any atom is 0.115 e. The minimum Gasteiger partial charge on any atom is -0.508 e. The van der Waals surface area contributed by atoms with E-state index in [4.69, 9.17) is 0 Å². The lowest BCUT2D eigenvalue weighted by molar-refractivity contribution is 0.474. The fraction of sp³-hybridized carbons (Fsp3) is 0.571. The number of phenolic OH excluding ortho intramolecular Hbond substituents is 1. The minimum absolute atomic E-state index is 0.338. The molecule has 17 heavy (non-hydrogen) atoms. The van der Waals surface area contributed by atoms with E-state index in [-0.39, 0.29) is 0 Å². The number of benzene rings is 1. The maximum atomic E-state index is 9.25. The molecule has 1 rings (SSSR count). The normalized spacial score (nSPS) is 12.9. The van der Waals surface area contributed by atoms with Crippen LogP contribution in [-0.2, 0) is 6.42 Å². The SMILES string of the molecule is CCNC(CSC(C)C)Cc1ccc(O)cc1. The molecule has 0 aliphatic heterocycles. The smallest absolute Gasteiger partial charge is 0.115 e. The fourth-order valence-corrected chi connectivity index (χ4v) is 2.56. The molecule has 0 saturated heterocycles. The molecule has 0 aromatic heterocycles. The highest BCUT2D eigenvalue weighted by atomic mass is 32.2. The van der Waals surface area contributed by atoms with Gasteiger partial charge in [0.25, 0.3) is 0 Å². The summed E-state index contributed by atoms with van der Waals surface area (Å²) in [5, 5.41) is 13.4. The summed E-state index contributed by atoms with van der Waals surface area (Å²) in [6, 6.07) is 8.03. The van der Waals surface area contributed by atoms with E-state index in [1.54, 1.807) is 12.1 Å². The van der Waals surface area contributed by atoms with Crippen LogP contribution in [0.25, 0.3) is 0 Å². The van der Waals surface area contributed by atoms with Crippen molar-refractivity contribution in [3.8, 4) is 5.75 Å². The van der Waals surface area contributed by atoms with E-state index in [0.29, 0.717) is 17.0 Å². The Bertz CT molecular complexity index is 311. The molecule has 0 aliphatic rings. The zero-order valence-corrected chi connectivity index (χ0v) is 11.8. The first-order valence-corrected chi connectivity index (χ1v) is 7.29. The van der Waals surface area contributed by atoms with E-state index in [0.717, 1.165) is 18.7 Å². The first-order chi connectivity index (χ1) is 8.11. The van der Waals surface area contributed by atoms with E-state index < -0.39 is 0 Å². The molecule has 0 spiro atoms. The van der Waals surface area contributed by atoms with Gasteiger partial charge in [0.05, 0.1) is 0 Å². The summed E-state index contributed by atoms with van der Waals surface area (Å²) >= 11 is 1.99. The molecule has 0 fully saturated rings. The summed E-state index contributed by atoms with van der Waals surface area (Å²) in [5.74, 6) is 1.47. The van der Waals surface area contributed by atoms with E-state index in [9.17, 15) is 5.11 Å². The number of aromatic hydroxyl groups is 1. The molecule has 0 amide bonds. The first kappa shape index (κ1) is 14.4. The van der Waals surface area contributed by atoms with E-state index >= 15 is 0 Å². The quantitative estimate of drug-likeness (QED) is 0.783. The Kier molecular flexibility index (Phi) is 6.45. The third kappa shape index (κ3) is 5.99. The summed E-state index contributed by atoms with van der Waals surface area (Å²) in [6.07, 6.45) is 1.02. The van der Waals surface area contributed by atoms with E-state index in [1.807, 2.05) is 23.9 Å². The number of hydrogen-bond donors (Lipinski definition) is 2. The lowest BCUT2D eigenvalue weighted by Gasteiger charge is -2.18. The number of hydrogen-bond acceptors (Lipinski definition) is 3. The van der Waals surface area contributed by atoms with Crippen LogP contribution >= 0.6 is 11.8 Å². The summed E-state index contributed by atoms with van der Waals surface area (Å²) in [7, 11) is 0. The predicted octanol–water partition coefficient (Wildman–Crippen LogP) is 3.05. The van der Waals surface area contributed by atoms with Crippen molar-refractivity contribution in [3.63, 3.8) is 0 Å². The topological polar surface area (TPSA) is 32.3 Å². The van der Waals surface area contributed by atoms with Crippen molar-refractivity contribution < 1.29 is 5.11 Å². The predicted molar refractivity (Wildman–Crippen MR) is 76.9 cm³/mol. The van der Waals surface area contributed by atoms with Gasteiger partial charge in [-0.25, -0.2) is 0 Å². The van der Waals surface area contributed by atoms with Crippen molar-refractivity contribution in [1.29, 1.82) is 0 Å². The van der Waals surface area contributed by atoms with Crippen LogP contribution in [0.15, 0.2) is 24.3 Å². The molecule has 2 nitrogen and oxygen atoms in total. The third-order valence-electron chi connectivity index (χ3n) is 2.54. The Balaban J connectivity index is 2.50. The fourth-order valence-electron chi connectivity index (χ4n) is 1.70. The van der Waals surface area contributed by atoms with Crippen LogP contribution in [0.4, 0.5) is 0 Å². The van der Waals surface area contributed by atoms with Gasteiger partial charge in [-0.15, -0.1) is 0 Å². The van der Waals surface area contributed by atoms with E-state index in [1.165, 1.54) is 5.56 Å². The van der Waals surface area contributed by atoms with Gasteiger partial charge in [0.15, 0.2) is 0 Å². The molecule has 1 aromatic carbocycles. The molecule has 1 atom stereocenters. The third-order valence-corrected chi connectivity index (χ3v) is 3.80. The number of nitrogens with one attached hydrogen (secondary N) is 1. The molecule has 0 aliphatic carbocycles. The second kappa shape index (κ2) is 7.62. The maximum absolute atomic E-state index is 9.25. The molecule has 0 bridgehead atoms. The highest BCUT2D eigenvalue weighted by Gasteiger charge is 2.09. The second-order valence-electron chi connectivity index (χ2n) is 4.51. The number of likely N-dealkylation sites (N-methyl/N-ethyl adjacent to an activating group) is 1. The van der Waals surface area contributed by atoms with Crippen LogP contribution < -0.4 is 5.32 Å².